The van der Waals surface area contributed by atoms with Crippen LogP contribution >= 0.6 is 0 Å². The van der Waals surface area contributed by atoms with Gasteiger partial charge in [-0.05, 0) is 65.6 Å². The Morgan fingerprint density at radius 3 is 2.50 bits per heavy atom. The van der Waals surface area contributed by atoms with Crippen LogP contribution in [-0.4, -0.2) is 84.2 Å². The summed E-state index contributed by atoms with van der Waals surface area (Å²) in [5, 5.41) is 8.39. The standard InChI is InChI=1S/C27H37N9/c1-18(2)36-19(3)30-26-24(36)15-20(16-28-26)23-9-10-35-25(23)17-29-27(32-35)31-21-5-7-22(8-6-21)34-13-11-33(4)12-14-34/h9-10,15-18,21-22H,5-8,11-14H2,1-4H3,(H,31,32)/t21-,22+. The van der Waals surface area contributed by atoms with Gasteiger partial charge in [0.25, 0.3) is 0 Å². The highest BCUT2D eigenvalue weighted by molar-refractivity contribution is 5.85. The molecule has 9 heteroatoms. The van der Waals surface area contributed by atoms with Crippen molar-refractivity contribution in [2.75, 3.05) is 38.5 Å². The van der Waals surface area contributed by atoms with Crippen LogP contribution in [0.3, 0.4) is 0 Å². The number of aromatic nitrogens is 6. The van der Waals surface area contributed by atoms with E-state index in [0.717, 1.165) is 39.7 Å². The maximum absolute atomic E-state index is 4.79. The summed E-state index contributed by atoms with van der Waals surface area (Å²) in [6.07, 6.45) is 10.7. The van der Waals surface area contributed by atoms with E-state index < -0.39 is 0 Å². The molecule has 1 saturated carbocycles. The predicted octanol–water partition coefficient (Wildman–Crippen LogP) is 4.00. The number of nitrogens with zero attached hydrogens (tertiary/aromatic N) is 8. The van der Waals surface area contributed by atoms with Crippen LogP contribution in [0, 0.1) is 6.92 Å². The summed E-state index contributed by atoms with van der Waals surface area (Å²) < 4.78 is 4.16. The fourth-order valence-electron chi connectivity index (χ4n) is 6.06. The average Bonchev–Trinajstić information content (AvgIpc) is 3.44. The van der Waals surface area contributed by atoms with Crippen molar-refractivity contribution in [1.82, 2.24) is 38.9 Å². The van der Waals surface area contributed by atoms with Gasteiger partial charge in [-0.3, -0.25) is 4.90 Å². The van der Waals surface area contributed by atoms with Gasteiger partial charge in [-0.15, -0.1) is 5.10 Å². The Bertz CT molecular complexity index is 1350. The smallest absolute Gasteiger partial charge is 0.241 e. The fourth-order valence-corrected chi connectivity index (χ4v) is 6.06. The van der Waals surface area contributed by atoms with Gasteiger partial charge in [-0.1, -0.05) is 0 Å². The Morgan fingerprint density at radius 1 is 0.972 bits per heavy atom. The lowest BCUT2D eigenvalue weighted by Gasteiger charge is -2.41. The van der Waals surface area contributed by atoms with Crippen molar-refractivity contribution in [3.63, 3.8) is 0 Å². The minimum Gasteiger partial charge on any atom is -0.350 e. The minimum absolute atomic E-state index is 0.325. The molecule has 0 spiro atoms. The van der Waals surface area contributed by atoms with Crippen molar-refractivity contribution in [3.05, 3.63) is 36.5 Å². The summed E-state index contributed by atoms with van der Waals surface area (Å²) in [6, 6.07) is 5.77. The van der Waals surface area contributed by atoms with E-state index in [-0.39, 0.29) is 0 Å². The molecule has 36 heavy (non-hydrogen) atoms. The second kappa shape index (κ2) is 9.44. The number of piperazine rings is 1. The van der Waals surface area contributed by atoms with Crippen molar-refractivity contribution >= 4 is 22.6 Å². The Labute approximate surface area is 212 Å². The van der Waals surface area contributed by atoms with Crippen LogP contribution in [0.1, 0.15) is 51.4 Å². The van der Waals surface area contributed by atoms with Gasteiger partial charge >= 0.3 is 0 Å². The number of hydrogen-bond donors (Lipinski definition) is 1. The highest BCUT2D eigenvalue weighted by Crippen LogP contribution is 2.30. The molecule has 0 bridgehead atoms. The first kappa shape index (κ1) is 23.4. The molecule has 0 amide bonds. The molecule has 1 N–H and O–H groups in total. The molecule has 0 radical (unpaired) electrons. The lowest BCUT2D eigenvalue weighted by atomic mass is 9.90. The number of fused-ring (bicyclic) bond motifs is 2. The zero-order chi connectivity index (χ0) is 24.8. The Kier molecular flexibility index (Phi) is 6.13. The molecule has 0 unspecified atom stereocenters. The van der Waals surface area contributed by atoms with Crippen molar-refractivity contribution in [2.45, 2.75) is 64.6 Å². The summed E-state index contributed by atoms with van der Waals surface area (Å²) in [4.78, 5) is 19.1. The first-order chi connectivity index (χ1) is 17.5. The van der Waals surface area contributed by atoms with E-state index in [1.54, 1.807) is 0 Å². The van der Waals surface area contributed by atoms with Gasteiger partial charge in [0.05, 0.1) is 17.2 Å². The van der Waals surface area contributed by atoms with E-state index >= 15 is 0 Å². The third-order valence-corrected chi connectivity index (χ3v) is 8.05. The summed E-state index contributed by atoms with van der Waals surface area (Å²) in [6.45, 7) is 11.2. The number of imidazole rings is 1. The number of pyridine rings is 1. The van der Waals surface area contributed by atoms with Crippen LogP contribution in [-0.2, 0) is 0 Å². The van der Waals surface area contributed by atoms with E-state index in [9.17, 15) is 0 Å². The zero-order valence-corrected chi connectivity index (χ0v) is 21.9. The van der Waals surface area contributed by atoms with E-state index in [1.807, 2.05) is 30.0 Å². The van der Waals surface area contributed by atoms with E-state index in [4.69, 9.17) is 10.1 Å². The zero-order valence-electron chi connectivity index (χ0n) is 21.9. The van der Waals surface area contributed by atoms with Gasteiger partial charge in [0.15, 0.2) is 5.65 Å². The van der Waals surface area contributed by atoms with Crippen molar-refractivity contribution in [1.29, 1.82) is 0 Å². The lowest BCUT2D eigenvalue weighted by molar-refractivity contribution is 0.0893. The van der Waals surface area contributed by atoms with Gasteiger partial charge in [0.1, 0.15) is 5.82 Å². The number of nitrogens with one attached hydrogen (secondary N) is 1. The van der Waals surface area contributed by atoms with Crippen molar-refractivity contribution in [2.24, 2.45) is 0 Å². The molecule has 1 aliphatic carbocycles. The molecule has 190 valence electrons. The summed E-state index contributed by atoms with van der Waals surface area (Å²) >= 11 is 0. The second-order valence-corrected chi connectivity index (χ2v) is 10.8. The predicted molar refractivity (Wildman–Crippen MR) is 143 cm³/mol. The van der Waals surface area contributed by atoms with Gasteiger partial charge in [0.2, 0.25) is 5.95 Å². The SMILES string of the molecule is Cc1nc2ncc(-c3ccn4nc(N[C@H]5CC[C@@H](N6CCN(C)CC6)CC5)ncc34)cc2n1C(C)C. The van der Waals surface area contributed by atoms with Gasteiger partial charge in [-0.25, -0.2) is 19.5 Å². The largest absolute Gasteiger partial charge is 0.350 e. The van der Waals surface area contributed by atoms with Crippen molar-refractivity contribution < 1.29 is 0 Å². The van der Waals surface area contributed by atoms with Crippen LogP contribution < -0.4 is 5.32 Å². The van der Waals surface area contributed by atoms with Crippen LogP contribution in [0.4, 0.5) is 5.95 Å². The molecule has 2 aliphatic rings. The van der Waals surface area contributed by atoms with Crippen LogP contribution in [0.25, 0.3) is 27.8 Å². The molecule has 6 rings (SSSR count). The van der Waals surface area contributed by atoms with E-state index in [1.165, 1.54) is 51.9 Å². The van der Waals surface area contributed by atoms with E-state index in [2.05, 4.69) is 62.7 Å². The monoisotopic (exact) mass is 487 g/mol. The molecule has 1 saturated heterocycles. The van der Waals surface area contributed by atoms with Gasteiger partial charge in [-0.2, -0.15) is 0 Å². The number of rotatable bonds is 5. The maximum atomic E-state index is 4.79. The molecule has 1 aliphatic heterocycles. The van der Waals surface area contributed by atoms with Crippen LogP contribution in [0.2, 0.25) is 0 Å². The third kappa shape index (κ3) is 4.35. The Hall–Kier alpha value is -3.04. The topological polar surface area (TPSA) is 79.4 Å². The molecule has 5 heterocycles. The quantitative estimate of drug-likeness (QED) is 0.456. The highest BCUT2D eigenvalue weighted by Gasteiger charge is 2.28. The fraction of sp³-hybridized carbons (Fsp3) is 0.556. The Balaban J connectivity index is 1.16. The minimum atomic E-state index is 0.325. The second-order valence-electron chi connectivity index (χ2n) is 10.8. The summed E-state index contributed by atoms with van der Waals surface area (Å²) in [5.74, 6) is 1.69. The summed E-state index contributed by atoms with van der Waals surface area (Å²) in [7, 11) is 2.22. The number of likely N-dealkylation sites (N-methyl/N-ethyl adjacent to an activating group) is 1. The molecular weight excluding hydrogens is 450 g/mol. The van der Waals surface area contributed by atoms with Crippen LogP contribution in [0.5, 0.6) is 0 Å². The number of anilines is 1. The summed E-state index contributed by atoms with van der Waals surface area (Å²) in [5.41, 5.74) is 4.97. The first-order valence-electron chi connectivity index (χ1n) is 13.3. The van der Waals surface area contributed by atoms with Gasteiger partial charge < -0.3 is 14.8 Å². The lowest BCUT2D eigenvalue weighted by Crippen LogP contribution is -2.50. The van der Waals surface area contributed by atoms with Gasteiger partial charge in [0, 0.05) is 67.8 Å². The molecular formula is C27H37N9. The number of aryl methyl sites for hydroxylation is 1. The van der Waals surface area contributed by atoms with Crippen LogP contribution in [0.15, 0.2) is 30.7 Å². The molecule has 0 aromatic carbocycles. The molecule has 2 fully saturated rings. The molecule has 9 nitrogen and oxygen atoms in total. The normalized spacial score (nSPS) is 22.1. The number of hydrogen-bond acceptors (Lipinski definition) is 7. The molecule has 4 aromatic rings. The average molecular weight is 488 g/mol. The maximum Gasteiger partial charge on any atom is 0.241 e. The Morgan fingerprint density at radius 2 is 1.75 bits per heavy atom. The molecule has 0 atom stereocenters. The van der Waals surface area contributed by atoms with E-state index in [0.29, 0.717) is 18.0 Å². The molecule has 4 aromatic heterocycles. The van der Waals surface area contributed by atoms with Crippen molar-refractivity contribution in [3.8, 4) is 11.1 Å². The highest BCUT2D eigenvalue weighted by atomic mass is 15.3. The third-order valence-electron chi connectivity index (χ3n) is 8.05. The first-order valence-corrected chi connectivity index (χ1v) is 13.3.